The second-order valence-corrected chi connectivity index (χ2v) is 10.1. The molecule has 0 aromatic heterocycles. The van der Waals surface area contributed by atoms with Gasteiger partial charge in [0.15, 0.2) is 16.7 Å². The molecule has 0 unspecified atom stereocenters. The highest BCUT2D eigenvalue weighted by Crippen LogP contribution is 2.37. The molecule has 1 saturated heterocycles. The maximum Gasteiger partial charge on any atom is 0.264 e. The molecule has 0 spiro atoms. The van der Waals surface area contributed by atoms with Crippen molar-refractivity contribution in [1.82, 2.24) is 5.32 Å². The van der Waals surface area contributed by atoms with Crippen molar-refractivity contribution in [2.45, 2.75) is 6.61 Å². The smallest absolute Gasteiger partial charge is 0.264 e. The molecule has 0 radical (unpaired) electrons. The Morgan fingerprint density at radius 3 is 2.77 bits per heavy atom. The van der Waals surface area contributed by atoms with E-state index in [2.05, 4.69) is 39.0 Å². The Labute approximate surface area is 230 Å². The fourth-order valence-electron chi connectivity index (χ4n) is 3.19. The molecule has 176 valence electrons. The summed E-state index contributed by atoms with van der Waals surface area (Å²) >= 11 is 15.6. The summed E-state index contributed by atoms with van der Waals surface area (Å²) < 4.78 is 12.3. The molecule has 3 aromatic rings. The SMILES string of the molecule is COc1cc(/C=C2/SC(=Nc3cccc(Cl)c3Cl)NC2=O)cc(I)c1OCc1ccccc1C#N. The summed E-state index contributed by atoms with van der Waals surface area (Å²) in [5.74, 6) is 0.805. The predicted octanol–water partition coefficient (Wildman–Crippen LogP) is 6.95. The van der Waals surface area contributed by atoms with Crippen molar-refractivity contribution in [1.29, 1.82) is 5.26 Å². The number of hydrogen-bond acceptors (Lipinski definition) is 6. The number of methoxy groups -OCH3 is 1. The number of benzene rings is 3. The van der Waals surface area contributed by atoms with Crippen molar-refractivity contribution >= 4 is 80.4 Å². The highest BCUT2D eigenvalue weighted by Gasteiger charge is 2.25. The quantitative estimate of drug-likeness (QED) is 0.234. The standard InChI is InChI=1S/C25H16Cl2IN3O3S/c1-33-20-10-14(9-18(28)23(20)34-13-16-6-3-2-5-15(16)12-29)11-21-24(32)31-25(35-21)30-19-8-4-7-17(26)22(19)27/h2-11H,13H2,1H3,(H,30,31,32)/b21-11+. The van der Waals surface area contributed by atoms with Crippen LogP contribution in [0.15, 0.2) is 64.5 Å². The average molecular weight is 636 g/mol. The number of hydrogen-bond donors (Lipinski definition) is 1. The first-order valence-corrected chi connectivity index (χ1v) is 12.8. The van der Waals surface area contributed by atoms with E-state index in [1.807, 2.05) is 24.3 Å². The minimum absolute atomic E-state index is 0.223. The molecule has 1 heterocycles. The molecular weight excluding hydrogens is 620 g/mol. The first-order chi connectivity index (χ1) is 16.9. The van der Waals surface area contributed by atoms with Gasteiger partial charge in [0.05, 0.1) is 43.0 Å². The minimum Gasteiger partial charge on any atom is -0.493 e. The average Bonchev–Trinajstić information content (AvgIpc) is 3.19. The van der Waals surface area contributed by atoms with Gasteiger partial charge < -0.3 is 14.8 Å². The van der Waals surface area contributed by atoms with Gasteiger partial charge in [-0.1, -0.05) is 47.5 Å². The lowest BCUT2D eigenvalue weighted by Gasteiger charge is -2.14. The fourth-order valence-corrected chi connectivity index (χ4v) is 5.14. The third-order valence-corrected chi connectivity index (χ3v) is 7.38. The van der Waals surface area contributed by atoms with Crippen LogP contribution in [0.3, 0.4) is 0 Å². The summed E-state index contributed by atoms with van der Waals surface area (Å²) in [6, 6.07) is 18.2. The van der Waals surface area contributed by atoms with Crippen molar-refractivity contribution in [3.8, 4) is 17.6 Å². The van der Waals surface area contributed by atoms with E-state index in [4.69, 9.17) is 32.7 Å². The third-order valence-electron chi connectivity index (χ3n) is 4.86. The van der Waals surface area contributed by atoms with Gasteiger partial charge in [-0.25, -0.2) is 4.99 Å². The third kappa shape index (κ3) is 5.93. The Bertz CT molecular complexity index is 1420. The lowest BCUT2D eigenvalue weighted by Crippen LogP contribution is -2.19. The maximum absolute atomic E-state index is 12.5. The Morgan fingerprint density at radius 2 is 2.00 bits per heavy atom. The zero-order valence-corrected chi connectivity index (χ0v) is 22.6. The van der Waals surface area contributed by atoms with Crippen molar-refractivity contribution in [3.05, 3.63) is 89.8 Å². The molecule has 35 heavy (non-hydrogen) atoms. The zero-order chi connectivity index (χ0) is 24.9. The normalized spacial score (nSPS) is 15.2. The molecule has 10 heteroatoms. The van der Waals surface area contributed by atoms with Gasteiger partial charge in [-0.05, 0) is 76.3 Å². The van der Waals surface area contributed by atoms with Crippen LogP contribution in [0.5, 0.6) is 11.5 Å². The number of amidine groups is 1. The minimum atomic E-state index is -0.269. The van der Waals surface area contributed by atoms with E-state index in [-0.39, 0.29) is 12.5 Å². The summed E-state index contributed by atoms with van der Waals surface area (Å²) in [4.78, 5) is 17.4. The van der Waals surface area contributed by atoms with Gasteiger partial charge in [-0.15, -0.1) is 0 Å². The number of aliphatic imine (C=N–C) groups is 1. The largest absolute Gasteiger partial charge is 0.493 e. The highest BCUT2D eigenvalue weighted by molar-refractivity contribution is 14.1. The Morgan fingerprint density at radius 1 is 1.20 bits per heavy atom. The molecule has 1 aliphatic heterocycles. The van der Waals surface area contributed by atoms with Crippen molar-refractivity contribution in [2.75, 3.05) is 7.11 Å². The van der Waals surface area contributed by atoms with E-state index in [9.17, 15) is 10.1 Å². The lowest BCUT2D eigenvalue weighted by molar-refractivity contribution is -0.115. The molecule has 0 saturated carbocycles. The molecule has 3 aromatic carbocycles. The Hall–Kier alpha value is -2.71. The van der Waals surface area contributed by atoms with Gasteiger partial charge in [0.1, 0.15) is 6.61 Å². The number of carbonyl (C=O) groups is 1. The first-order valence-electron chi connectivity index (χ1n) is 10.1. The summed E-state index contributed by atoms with van der Waals surface area (Å²) in [6.45, 7) is 0.223. The second-order valence-electron chi connectivity index (χ2n) is 7.15. The second kappa shape index (κ2) is 11.4. The van der Waals surface area contributed by atoms with Gasteiger partial charge in [0, 0.05) is 5.56 Å². The molecule has 1 fully saturated rings. The molecule has 0 bridgehead atoms. The van der Waals surface area contributed by atoms with Crippen molar-refractivity contribution in [2.24, 2.45) is 4.99 Å². The molecule has 0 atom stereocenters. The van der Waals surface area contributed by atoms with Crippen LogP contribution < -0.4 is 14.8 Å². The molecule has 1 N–H and O–H groups in total. The van der Waals surface area contributed by atoms with Crippen molar-refractivity contribution < 1.29 is 14.3 Å². The lowest BCUT2D eigenvalue weighted by atomic mass is 10.1. The zero-order valence-electron chi connectivity index (χ0n) is 18.1. The highest BCUT2D eigenvalue weighted by atomic mass is 127. The molecule has 6 nitrogen and oxygen atoms in total. The van der Waals surface area contributed by atoms with E-state index in [0.717, 1.165) is 14.7 Å². The number of amides is 1. The van der Waals surface area contributed by atoms with Crippen molar-refractivity contribution in [3.63, 3.8) is 0 Å². The van der Waals surface area contributed by atoms with Crippen LogP contribution >= 0.6 is 57.6 Å². The number of rotatable bonds is 6. The summed E-state index contributed by atoms with van der Waals surface area (Å²) in [6.07, 6.45) is 1.75. The molecule has 1 amide bonds. The number of ether oxygens (including phenoxy) is 2. The number of nitrogens with zero attached hydrogens (tertiary/aromatic N) is 2. The molecule has 1 aliphatic rings. The number of nitrogens with one attached hydrogen (secondary N) is 1. The summed E-state index contributed by atoms with van der Waals surface area (Å²) in [7, 11) is 1.55. The molecular formula is C25H16Cl2IN3O3S. The fraction of sp³-hybridized carbons (Fsp3) is 0.0800. The van der Waals surface area contributed by atoms with Gasteiger partial charge in [-0.3, -0.25) is 4.79 Å². The predicted molar refractivity (Wildman–Crippen MR) is 148 cm³/mol. The van der Waals surface area contributed by atoms with Gasteiger partial charge in [-0.2, -0.15) is 5.26 Å². The number of carbonyl (C=O) groups excluding carboxylic acids is 1. The van der Waals surface area contributed by atoms with E-state index >= 15 is 0 Å². The van der Waals surface area contributed by atoms with Crippen LogP contribution in [0.1, 0.15) is 16.7 Å². The monoisotopic (exact) mass is 635 g/mol. The van der Waals surface area contributed by atoms with Crippen LogP contribution in [0.2, 0.25) is 10.0 Å². The van der Waals surface area contributed by atoms with Crippen LogP contribution in [0, 0.1) is 14.9 Å². The maximum atomic E-state index is 12.5. The van der Waals surface area contributed by atoms with Crippen LogP contribution in [-0.2, 0) is 11.4 Å². The Kier molecular flexibility index (Phi) is 8.23. The molecule has 4 rings (SSSR count). The molecule has 0 aliphatic carbocycles. The van der Waals surface area contributed by atoms with Gasteiger partial charge in [0.25, 0.3) is 5.91 Å². The first kappa shape index (κ1) is 25.4. The summed E-state index contributed by atoms with van der Waals surface area (Å²) in [5, 5.41) is 13.2. The number of thioether (sulfide) groups is 1. The van der Waals surface area contributed by atoms with Crippen LogP contribution in [0.25, 0.3) is 6.08 Å². The topological polar surface area (TPSA) is 83.7 Å². The Balaban J connectivity index is 1.56. The van der Waals surface area contributed by atoms with E-state index in [1.54, 1.807) is 43.5 Å². The van der Waals surface area contributed by atoms with E-state index in [0.29, 0.717) is 42.9 Å². The van der Waals surface area contributed by atoms with E-state index in [1.165, 1.54) is 11.8 Å². The van der Waals surface area contributed by atoms with Crippen LogP contribution in [-0.4, -0.2) is 18.2 Å². The number of halogens is 3. The van der Waals surface area contributed by atoms with E-state index < -0.39 is 0 Å². The van der Waals surface area contributed by atoms with Gasteiger partial charge >= 0.3 is 0 Å². The van der Waals surface area contributed by atoms with Gasteiger partial charge in [0.2, 0.25) is 0 Å². The summed E-state index contributed by atoms with van der Waals surface area (Å²) in [5.41, 5.74) is 2.57. The van der Waals surface area contributed by atoms with Crippen LogP contribution in [0.4, 0.5) is 5.69 Å². The number of nitriles is 1.